The second-order valence-corrected chi connectivity index (χ2v) is 10.1. The van der Waals surface area contributed by atoms with Crippen LogP contribution >= 0.6 is 11.3 Å². The van der Waals surface area contributed by atoms with Crippen molar-refractivity contribution in [2.24, 2.45) is 0 Å². The van der Waals surface area contributed by atoms with Crippen LogP contribution < -0.4 is 15.5 Å². The number of hydrogen-bond donors (Lipinski definition) is 2. The molecule has 6 heterocycles. The number of aromatic nitrogens is 5. The average molecular weight is 501 g/mol. The van der Waals surface area contributed by atoms with Crippen LogP contribution in [0.2, 0.25) is 0 Å². The zero-order valence-electron chi connectivity index (χ0n) is 20.2. The van der Waals surface area contributed by atoms with Crippen LogP contribution in [0.5, 0.6) is 0 Å². The van der Waals surface area contributed by atoms with E-state index in [9.17, 15) is 0 Å². The maximum Gasteiger partial charge on any atom is 0.208 e. The van der Waals surface area contributed by atoms with Gasteiger partial charge in [0.15, 0.2) is 5.01 Å². The summed E-state index contributed by atoms with van der Waals surface area (Å²) in [7, 11) is 1.90. The molecule has 4 aromatic rings. The van der Waals surface area contributed by atoms with E-state index < -0.39 is 0 Å². The quantitative estimate of drug-likeness (QED) is 0.427. The van der Waals surface area contributed by atoms with Crippen molar-refractivity contribution in [3.8, 4) is 28.0 Å². The molecule has 0 amide bonds. The second kappa shape index (κ2) is 9.81. The molecule has 0 saturated carbocycles. The van der Waals surface area contributed by atoms with Gasteiger partial charge in [-0.25, -0.2) is 4.52 Å². The summed E-state index contributed by atoms with van der Waals surface area (Å²) >= 11 is 1.62. The number of pyridine rings is 1. The van der Waals surface area contributed by atoms with Crippen molar-refractivity contribution in [3.05, 3.63) is 42.2 Å². The molecule has 0 bridgehead atoms. The predicted octanol–water partition coefficient (Wildman–Crippen LogP) is 2.70. The molecular formula is C25H28N10S. The van der Waals surface area contributed by atoms with Crippen LogP contribution in [0.4, 0.5) is 10.8 Å². The third-order valence-corrected chi connectivity index (χ3v) is 8.13. The number of fused-ring (bicyclic) bond motifs is 1. The van der Waals surface area contributed by atoms with Crippen LogP contribution in [0.3, 0.4) is 0 Å². The Morgan fingerprint density at radius 1 is 1.08 bits per heavy atom. The molecule has 6 rings (SSSR count). The largest absolute Gasteiger partial charge is 0.387 e. The standard InChI is InChI=1S/C25H28N10S/c1-27-21-13-22(23-3-2-19-12-17(14-26)15-30-35(19)23)29-16-20(21)24-31-32-25(36-24)34-8-4-18(5-9-34)33-10-6-28-7-11-33/h2-3,12-13,15-16,18,28H,4-11H2,1H3,(H,27,29). The fraction of sp³-hybridized carbons (Fsp3) is 0.400. The topological polar surface area (TPSA) is 110 Å². The van der Waals surface area contributed by atoms with Crippen molar-refractivity contribution in [2.45, 2.75) is 18.9 Å². The molecule has 10 nitrogen and oxygen atoms in total. The SMILES string of the molecule is CNc1cc(-c2ccc3cc(C#N)cnn23)ncc1-c1nnc(N2CCC(N3CCNCC3)CC2)s1. The van der Waals surface area contributed by atoms with Crippen LogP contribution in [-0.4, -0.2) is 82.1 Å². The number of piperidine rings is 1. The highest BCUT2D eigenvalue weighted by Gasteiger charge is 2.27. The third-order valence-electron chi connectivity index (χ3n) is 7.11. The normalized spacial score (nSPS) is 17.4. The lowest BCUT2D eigenvalue weighted by atomic mass is 10.0. The van der Waals surface area contributed by atoms with Gasteiger partial charge in [-0.2, -0.15) is 10.4 Å². The number of hydrogen-bond acceptors (Lipinski definition) is 10. The first-order valence-electron chi connectivity index (χ1n) is 12.3. The minimum Gasteiger partial charge on any atom is -0.387 e. The van der Waals surface area contributed by atoms with E-state index in [1.807, 2.05) is 37.5 Å². The van der Waals surface area contributed by atoms with Gasteiger partial charge in [-0.3, -0.25) is 9.88 Å². The maximum absolute atomic E-state index is 9.14. The Balaban J connectivity index is 1.20. The smallest absolute Gasteiger partial charge is 0.208 e. The van der Waals surface area contributed by atoms with Crippen LogP contribution in [0, 0.1) is 11.3 Å². The van der Waals surface area contributed by atoms with E-state index in [0.29, 0.717) is 11.6 Å². The van der Waals surface area contributed by atoms with Gasteiger partial charge in [0.2, 0.25) is 5.13 Å². The monoisotopic (exact) mass is 500 g/mol. The Morgan fingerprint density at radius 2 is 1.92 bits per heavy atom. The number of rotatable bonds is 5. The molecule has 36 heavy (non-hydrogen) atoms. The summed E-state index contributed by atoms with van der Waals surface area (Å²) in [6, 6.07) is 10.6. The van der Waals surface area contributed by atoms with E-state index in [-0.39, 0.29) is 0 Å². The first-order chi connectivity index (χ1) is 17.7. The highest BCUT2D eigenvalue weighted by Crippen LogP contribution is 2.36. The fourth-order valence-corrected chi connectivity index (χ4v) is 6.07. The Bertz CT molecular complexity index is 1410. The Labute approximate surface area is 213 Å². The maximum atomic E-state index is 9.14. The number of nitrogens with zero attached hydrogens (tertiary/aromatic N) is 8. The summed E-state index contributed by atoms with van der Waals surface area (Å²) in [6.07, 6.45) is 5.76. The Morgan fingerprint density at radius 3 is 2.69 bits per heavy atom. The molecule has 4 aromatic heterocycles. The molecule has 184 valence electrons. The second-order valence-electron chi connectivity index (χ2n) is 9.17. The fourth-order valence-electron chi connectivity index (χ4n) is 5.15. The first-order valence-corrected chi connectivity index (χ1v) is 13.1. The lowest BCUT2D eigenvalue weighted by Crippen LogP contribution is -2.52. The molecule has 0 aromatic carbocycles. The molecule has 0 spiro atoms. The van der Waals surface area contributed by atoms with Crippen molar-refractivity contribution < 1.29 is 0 Å². The van der Waals surface area contributed by atoms with E-state index >= 15 is 0 Å². The van der Waals surface area contributed by atoms with E-state index in [2.05, 4.69) is 41.8 Å². The zero-order valence-corrected chi connectivity index (χ0v) is 21.0. The Hall–Kier alpha value is -3.59. The summed E-state index contributed by atoms with van der Waals surface area (Å²) in [4.78, 5) is 9.74. The van der Waals surface area contributed by atoms with E-state index in [1.54, 1.807) is 22.0 Å². The molecule has 2 N–H and O–H groups in total. The van der Waals surface area contributed by atoms with Crippen LogP contribution in [0.1, 0.15) is 18.4 Å². The summed E-state index contributed by atoms with van der Waals surface area (Å²) in [5.74, 6) is 0. The minimum atomic E-state index is 0.534. The van der Waals surface area contributed by atoms with Gasteiger partial charge in [0.25, 0.3) is 0 Å². The lowest BCUT2D eigenvalue weighted by Gasteiger charge is -2.40. The molecule has 2 fully saturated rings. The van der Waals surface area contributed by atoms with E-state index in [4.69, 9.17) is 10.2 Å². The average Bonchev–Trinajstić information content (AvgIpc) is 3.61. The number of piperazine rings is 1. The van der Waals surface area contributed by atoms with Gasteiger partial charge in [-0.1, -0.05) is 11.3 Å². The van der Waals surface area contributed by atoms with Crippen LogP contribution in [-0.2, 0) is 0 Å². The van der Waals surface area contributed by atoms with Crippen molar-refractivity contribution >= 4 is 27.7 Å². The summed E-state index contributed by atoms with van der Waals surface area (Å²) in [5, 5.41) is 31.2. The van der Waals surface area contributed by atoms with Gasteiger partial charge >= 0.3 is 0 Å². The molecule has 2 aliphatic heterocycles. The molecule has 11 heteroatoms. The number of anilines is 2. The minimum absolute atomic E-state index is 0.534. The van der Waals surface area contributed by atoms with Gasteiger partial charge in [0, 0.05) is 64.2 Å². The van der Waals surface area contributed by atoms with Gasteiger partial charge < -0.3 is 15.5 Å². The van der Waals surface area contributed by atoms with Crippen molar-refractivity contribution in [1.82, 2.24) is 35.0 Å². The molecule has 0 radical (unpaired) electrons. The summed E-state index contributed by atoms with van der Waals surface area (Å²) in [5.41, 5.74) is 4.91. The highest BCUT2D eigenvalue weighted by atomic mass is 32.1. The predicted molar refractivity (Wildman–Crippen MR) is 141 cm³/mol. The summed E-state index contributed by atoms with van der Waals surface area (Å²) < 4.78 is 1.80. The third kappa shape index (κ3) is 4.28. The summed E-state index contributed by atoms with van der Waals surface area (Å²) in [6.45, 7) is 6.53. The molecule has 0 unspecified atom stereocenters. The molecule has 0 atom stereocenters. The van der Waals surface area contributed by atoms with Crippen LogP contribution in [0.15, 0.2) is 36.7 Å². The van der Waals surface area contributed by atoms with Crippen LogP contribution in [0.25, 0.3) is 27.5 Å². The molecule has 0 aliphatic carbocycles. The molecular weight excluding hydrogens is 472 g/mol. The number of nitrogens with one attached hydrogen (secondary N) is 2. The van der Waals surface area contributed by atoms with Crippen molar-refractivity contribution in [2.75, 3.05) is 56.5 Å². The molecule has 2 aliphatic rings. The highest BCUT2D eigenvalue weighted by molar-refractivity contribution is 7.18. The first kappa shape index (κ1) is 22.8. The molecule has 2 saturated heterocycles. The zero-order chi connectivity index (χ0) is 24.5. The van der Waals surface area contributed by atoms with Crippen molar-refractivity contribution in [3.63, 3.8) is 0 Å². The van der Waals surface area contributed by atoms with Gasteiger partial charge in [-0.05, 0) is 37.1 Å². The van der Waals surface area contributed by atoms with E-state index in [0.717, 1.165) is 77.6 Å². The van der Waals surface area contributed by atoms with Gasteiger partial charge in [0.05, 0.1) is 34.2 Å². The van der Waals surface area contributed by atoms with E-state index in [1.165, 1.54) is 12.8 Å². The van der Waals surface area contributed by atoms with Crippen molar-refractivity contribution in [1.29, 1.82) is 5.26 Å². The van der Waals surface area contributed by atoms with Gasteiger partial charge in [-0.15, -0.1) is 10.2 Å². The Kier molecular flexibility index (Phi) is 6.23. The lowest BCUT2D eigenvalue weighted by molar-refractivity contribution is 0.150. The number of nitriles is 1. The van der Waals surface area contributed by atoms with Gasteiger partial charge in [0.1, 0.15) is 6.07 Å².